The number of aliphatic imine (C=N–C) groups is 1. The number of halogens is 1. The number of rotatable bonds is 9. The molecule has 1 aliphatic carbocycles. The molecule has 0 spiro atoms. The number of hydrogen-bond donors (Lipinski definition) is 1. The zero-order valence-electron chi connectivity index (χ0n) is 17.3. The molecule has 156 valence electrons. The summed E-state index contributed by atoms with van der Waals surface area (Å²) in [5.74, 6) is 1.74. The van der Waals surface area contributed by atoms with Crippen molar-refractivity contribution in [2.24, 2.45) is 10.9 Å². The Balaban J connectivity index is 1.66. The Bertz CT molecular complexity index is 642. The molecule has 0 bridgehead atoms. The molecule has 1 saturated carbocycles. The lowest BCUT2D eigenvalue weighted by molar-refractivity contribution is 0.0530. The second kappa shape index (κ2) is 10.5. The third-order valence-electron chi connectivity index (χ3n) is 5.74. The van der Waals surface area contributed by atoms with E-state index in [0.29, 0.717) is 0 Å². The fourth-order valence-electron chi connectivity index (χ4n) is 3.66. The zero-order chi connectivity index (χ0) is 19.8. The van der Waals surface area contributed by atoms with Gasteiger partial charge in [-0.25, -0.2) is 0 Å². The molecule has 0 radical (unpaired) electrons. The third kappa shape index (κ3) is 6.10. The Morgan fingerprint density at radius 3 is 2.82 bits per heavy atom. The zero-order valence-corrected chi connectivity index (χ0v) is 18.0. The van der Waals surface area contributed by atoms with Crippen molar-refractivity contribution >= 4 is 17.6 Å². The number of hydrogen-bond acceptors (Lipinski definition) is 3. The molecule has 3 rings (SSSR count). The fraction of sp³-hybridized carbons (Fsp3) is 0.682. The molecule has 0 aromatic heterocycles. The van der Waals surface area contributed by atoms with Gasteiger partial charge >= 0.3 is 0 Å². The molecule has 1 aromatic rings. The average Bonchev–Trinajstić information content (AvgIpc) is 3.53. The van der Waals surface area contributed by atoms with Crippen LogP contribution in [0, 0.1) is 5.92 Å². The molecule has 1 heterocycles. The van der Waals surface area contributed by atoms with E-state index in [2.05, 4.69) is 36.3 Å². The van der Waals surface area contributed by atoms with Crippen LogP contribution in [0.1, 0.15) is 38.2 Å². The first-order chi connectivity index (χ1) is 13.6. The normalized spacial score (nSPS) is 19.5. The van der Waals surface area contributed by atoms with Gasteiger partial charge in [0.05, 0.1) is 13.2 Å². The van der Waals surface area contributed by atoms with Crippen LogP contribution >= 0.6 is 11.6 Å². The summed E-state index contributed by atoms with van der Waals surface area (Å²) in [4.78, 5) is 7.19. The summed E-state index contributed by atoms with van der Waals surface area (Å²) in [6, 6.07) is 8.23. The highest BCUT2D eigenvalue weighted by atomic mass is 35.5. The van der Waals surface area contributed by atoms with E-state index < -0.39 is 0 Å². The maximum atomic E-state index is 6.28. The first kappa shape index (κ1) is 21.4. The van der Waals surface area contributed by atoms with E-state index in [1.165, 1.54) is 18.4 Å². The molecular formula is C22H34ClN3O2. The summed E-state index contributed by atoms with van der Waals surface area (Å²) in [5, 5.41) is 4.21. The molecule has 0 atom stereocenters. The topological polar surface area (TPSA) is 46.1 Å². The lowest BCUT2D eigenvalue weighted by atomic mass is 9.74. The number of guanidine groups is 1. The van der Waals surface area contributed by atoms with Gasteiger partial charge in [0.25, 0.3) is 0 Å². The Morgan fingerprint density at radius 2 is 2.14 bits per heavy atom. The molecule has 6 heteroatoms. The van der Waals surface area contributed by atoms with Gasteiger partial charge in [-0.05, 0) is 56.2 Å². The van der Waals surface area contributed by atoms with Crippen LogP contribution in [-0.4, -0.2) is 64.0 Å². The van der Waals surface area contributed by atoms with E-state index in [1.807, 2.05) is 12.1 Å². The number of nitrogens with one attached hydrogen (secondary N) is 1. The first-order valence-electron chi connectivity index (χ1n) is 10.5. The highest BCUT2D eigenvalue weighted by molar-refractivity contribution is 6.30. The third-order valence-corrected chi connectivity index (χ3v) is 5.97. The van der Waals surface area contributed by atoms with Crippen molar-refractivity contribution in [2.45, 2.75) is 38.0 Å². The number of nitrogens with zero attached hydrogens (tertiary/aromatic N) is 2. The summed E-state index contributed by atoms with van der Waals surface area (Å²) < 4.78 is 11.4. The van der Waals surface area contributed by atoms with Crippen LogP contribution in [0.15, 0.2) is 29.3 Å². The van der Waals surface area contributed by atoms with Gasteiger partial charge in [-0.2, -0.15) is 0 Å². The molecule has 28 heavy (non-hydrogen) atoms. The van der Waals surface area contributed by atoms with Gasteiger partial charge < -0.3 is 19.7 Å². The van der Waals surface area contributed by atoms with E-state index in [0.717, 1.165) is 75.8 Å². The van der Waals surface area contributed by atoms with Gasteiger partial charge in [-0.15, -0.1) is 0 Å². The molecule has 2 aliphatic rings. The van der Waals surface area contributed by atoms with Gasteiger partial charge in [0, 0.05) is 50.4 Å². The Hall–Kier alpha value is -1.30. The molecule has 2 fully saturated rings. The molecule has 1 aromatic carbocycles. The lowest BCUT2D eigenvalue weighted by Gasteiger charge is -2.37. The summed E-state index contributed by atoms with van der Waals surface area (Å²) in [6.45, 7) is 7.70. The van der Waals surface area contributed by atoms with E-state index in [1.54, 1.807) is 0 Å². The SMILES string of the molecule is CCNC(=NCC1(c2cccc(Cl)c2)CCOCC1)N(C)CCOCC1CC1. The van der Waals surface area contributed by atoms with Crippen molar-refractivity contribution in [3.63, 3.8) is 0 Å². The molecule has 1 saturated heterocycles. The Kier molecular flexibility index (Phi) is 8.00. The smallest absolute Gasteiger partial charge is 0.193 e. The molecule has 1 aliphatic heterocycles. The van der Waals surface area contributed by atoms with Crippen molar-refractivity contribution in [3.05, 3.63) is 34.9 Å². The summed E-state index contributed by atoms with van der Waals surface area (Å²) in [6.07, 6.45) is 4.58. The van der Waals surface area contributed by atoms with Crippen molar-refractivity contribution in [1.82, 2.24) is 10.2 Å². The molecule has 1 N–H and O–H groups in total. The minimum atomic E-state index is -0.0207. The monoisotopic (exact) mass is 407 g/mol. The number of benzene rings is 1. The van der Waals surface area contributed by atoms with Crippen LogP contribution in [0.2, 0.25) is 5.02 Å². The van der Waals surface area contributed by atoms with Crippen LogP contribution < -0.4 is 5.32 Å². The molecule has 5 nitrogen and oxygen atoms in total. The second-order valence-corrected chi connectivity index (χ2v) is 8.45. The van der Waals surface area contributed by atoms with Gasteiger partial charge in [0.15, 0.2) is 5.96 Å². The fourth-order valence-corrected chi connectivity index (χ4v) is 3.85. The van der Waals surface area contributed by atoms with Gasteiger partial charge in [-0.1, -0.05) is 23.7 Å². The largest absolute Gasteiger partial charge is 0.381 e. The van der Waals surface area contributed by atoms with Gasteiger partial charge in [0.1, 0.15) is 0 Å². The highest BCUT2D eigenvalue weighted by Crippen LogP contribution is 2.36. The predicted octanol–water partition coefficient (Wildman–Crippen LogP) is 3.71. The first-order valence-corrected chi connectivity index (χ1v) is 10.9. The molecular weight excluding hydrogens is 374 g/mol. The number of likely N-dealkylation sites (N-methyl/N-ethyl adjacent to an activating group) is 1. The molecule has 0 unspecified atom stereocenters. The quantitative estimate of drug-likeness (QED) is 0.385. The van der Waals surface area contributed by atoms with Crippen molar-refractivity contribution in [2.75, 3.05) is 53.1 Å². The lowest BCUT2D eigenvalue weighted by Crippen LogP contribution is -2.43. The van der Waals surface area contributed by atoms with E-state index in [9.17, 15) is 0 Å². The minimum absolute atomic E-state index is 0.0207. The second-order valence-electron chi connectivity index (χ2n) is 8.01. The summed E-state index contributed by atoms with van der Waals surface area (Å²) in [7, 11) is 2.08. The van der Waals surface area contributed by atoms with Crippen LogP contribution in [-0.2, 0) is 14.9 Å². The van der Waals surface area contributed by atoms with E-state index in [-0.39, 0.29) is 5.41 Å². The average molecular weight is 408 g/mol. The van der Waals surface area contributed by atoms with Gasteiger partial charge in [0.2, 0.25) is 0 Å². The van der Waals surface area contributed by atoms with Crippen molar-refractivity contribution < 1.29 is 9.47 Å². The van der Waals surface area contributed by atoms with E-state index >= 15 is 0 Å². The summed E-state index contributed by atoms with van der Waals surface area (Å²) >= 11 is 6.28. The maximum Gasteiger partial charge on any atom is 0.193 e. The Morgan fingerprint density at radius 1 is 1.36 bits per heavy atom. The highest BCUT2D eigenvalue weighted by Gasteiger charge is 2.34. The van der Waals surface area contributed by atoms with Crippen molar-refractivity contribution in [1.29, 1.82) is 0 Å². The van der Waals surface area contributed by atoms with Crippen LogP contribution in [0.4, 0.5) is 0 Å². The van der Waals surface area contributed by atoms with Crippen LogP contribution in [0.5, 0.6) is 0 Å². The van der Waals surface area contributed by atoms with E-state index in [4.69, 9.17) is 26.1 Å². The van der Waals surface area contributed by atoms with Gasteiger partial charge in [-0.3, -0.25) is 4.99 Å². The maximum absolute atomic E-state index is 6.28. The molecule has 0 amide bonds. The van der Waals surface area contributed by atoms with Crippen LogP contribution in [0.3, 0.4) is 0 Å². The summed E-state index contributed by atoms with van der Waals surface area (Å²) in [5.41, 5.74) is 1.24. The van der Waals surface area contributed by atoms with Crippen LogP contribution in [0.25, 0.3) is 0 Å². The standard InChI is InChI=1S/C22H34ClN3O2/c1-3-24-21(26(2)11-14-28-16-18-7-8-18)25-17-22(9-12-27-13-10-22)19-5-4-6-20(23)15-19/h4-6,15,18H,3,7-14,16-17H2,1-2H3,(H,24,25). The Labute approximate surface area is 174 Å². The number of ether oxygens (including phenoxy) is 2. The predicted molar refractivity (Wildman–Crippen MR) is 115 cm³/mol. The van der Waals surface area contributed by atoms with Crippen molar-refractivity contribution in [3.8, 4) is 0 Å². The minimum Gasteiger partial charge on any atom is -0.381 e.